The summed E-state index contributed by atoms with van der Waals surface area (Å²) >= 11 is 0. The number of ether oxygens (including phenoxy) is 2. The second kappa shape index (κ2) is 7.84. The Labute approximate surface area is 141 Å². The van der Waals surface area contributed by atoms with Crippen molar-refractivity contribution in [1.29, 1.82) is 5.26 Å². The van der Waals surface area contributed by atoms with E-state index in [0.717, 1.165) is 11.1 Å². The first-order valence-corrected chi connectivity index (χ1v) is 7.30. The van der Waals surface area contributed by atoms with Gasteiger partial charge in [-0.05, 0) is 36.8 Å². The van der Waals surface area contributed by atoms with Gasteiger partial charge in [0.05, 0.1) is 25.5 Å². The number of rotatable bonds is 5. The Balaban J connectivity index is 2.24. The molecule has 0 saturated carbocycles. The van der Waals surface area contributed by atoms with Crippen LogP contribution in [0.1, 0.15) is 18.1 Å². The predicted octanol–water partition coefficient (Wildman–Crippen LogP) is 3.62. The van der Waals surface area contributed by atoms with E-state index in [9.17, 15) is 4.79 Å². The molecule has 0 fully saturated rings. The van der Waals surface area contributed by atoms with Gasteiger partial charge in [0.15, 0.2) is 0 Å². The highest BCUT2D eigenvalue weighted by Crippen LogP contribution is 2.30. The molecule has 0 heterocycles. The Morgan fingerprint density at radius 1 is 1.17 bits per heavy atom. The number of amides is 1. The first-order valence-electron chi connectivity index (χ1n) is 7.30. The van der Waals surface area contributed by atoms with E-state index in [4.69, 9.17) is 14.7 Å². The first kappa shape index (κ1) is 17.1. The Morgan fingerprint density at radius 3 is 2.58 bits per heavy atom. The average Bonchev–Trinajstić information content (AvgIpc) is 2.61. The van der Waals surface area contributed by atoms with Gasteiger partial charge in [-0.15, -0.1) is 0 Å². The number of para-hydroxylation sites is 1. The molecule has 0 aliphatic carbocycles. The molecule has 122 valence electrons. The lowest BCUT2D eigenvalue weighted by atomic mass is 10.1. The molecule has 0 aliphatic heterocycles. The molecule has 0 aliphatic rings. The van der Waals surface area contributed by atoms with E-state index >= 15 is 0 Å². The molecule has 0 unspecified atom stereocenters. The number of nitrogens with zero attached hydrogens (tertiary/aromatic N) is 1. The molecule has 2 aromatic carbocycles. The smallest absolute Gasteiger partial charge is 0.248 e. The van der Waals surface area contributed by atoms with E-state index in [1.54, 1.807) is 50.6 Å². The average molecular weight is 322 g/mol. The van der Waals surface area contributed by atoms with Gasteiger partial charge < -0.3 is 14.8 Å². The fraction of sp³-hybridized carbons (Fsp3) is 0.158. The number of nitrogens with one attached hydrogen (secondary N) is 1. The molecule has 5 nitrogen and oxygen atoms in total. The van der Waals surface area contributed by atoms with Crippen molar-refractivity contribution in [2.45, 2.75) is 6.92 Å². The van der Waals surface area contributed by atoms with Crippen molar-refractivity contribution >= 4 is 17.2 Å². The van der Waals surface area contributed by atoms with Crippen molar-refractivity contribution in [2.24, 2.45) is 0 Å². The standard InChI is InChI=1S/C19H18N2O3/c1-13(16-9-8-15(23-2)11-18(16)24-3)10-19(22)21-17-7-5-4-6-14(17)12-20/h4-11H,1-3H3,(H,21,22)/b13-10+. The molecule has 0 radical (unpaired) electrons. The summed E-state index contributed by atoms with van der Waals surface area (Å²) in [5.41, 5.74) is 2.43. The highest BCUT2D eigenvalue weighted by atomic mass is 16.5. The minimum atomic E-state index is -0.312. The second-order valence-corrected chi connectivity index (χ2v) is 5.04. The lowest BCUT2D eigenvalue weighted by molar-refractivity contribution is -0.111. The van der Waals surface area contributed by atoms with Gasteiger partial charge in [0.1, 0.15) is 17.6 Å². The van der Waals surface area contributed by atoms with E-state index in [-0.39, 0.29) is 5.91 Å². The van der Waals surface area contributed by atoms with E-state index in [2.05, 4.69) is 5.32 Å². The zero-order valence-corrected chi connectivity index (χ0v) is 13.8. The van der Waals surface area contributed by atoms with Crippen molar-refractivity contribution in [1.82, 2.24) is 0 Å². The van der Waals surface area contributed by atoms with Crippen LogP contribution in [0.4, 0.5) is 5.69 Å². The van der Waals surface area contributed by atoms with Crippen molar-refractivity contribution in [3.05, 3.63) is 59.7 Å². The van der Waals surface area contributed by atoms with Crippen LogP contribution in [-0.2, 0) is 4.79 Å². The van der Waals surface area contributed by atoms with Gasteiger partial charge >= 0.3 is 0 Å². The number of nitriles is 1. The number of carbonyl (C=O) groups excluding carboxylic acids is 1. The summed E-state index contributed by atoms with van der Waals surface area (Å²) in [5, 5.41) is 11.8. The molecular weight excluding hydrogens is 304 g/mol. The van der Waals surface area contributed by atoms with Crippen LogP contribution in [0.15, 0.2) is 48.5 Å². The highest BCUT2D eigenvalue weighted by Gasteiger charge is 2.09. The number of allylic oxidation sites excluding steroid dienone is 1. The van der Waals surface area contributed by atoms with Crippen molar-refractivity contribution in [3.8, 4) is 17.6 Å². The SMILES string of the molecule is COc1ccc(/C(C)=C/C(=O)Nc2ccccc2C#N)c(OC)c1. The van der Waals surface area contributed by atoms with Crippen molar-refractivity contribution in [3.63, 3.8) is 0 Å². The van der Waals surface area contributed by atoms with Crippen molar-refractivity contribution < 1.29 is 14.3 Å². The second-order valence-electron chi connectivity index (χ2n) is 5.04. The number of hydrogen-bond acceptors (Lipinski definition) is 4. The molecule has 0 spiro atoms. The van der Waals surface area contributed by atoms with Gasteiger partial charge in [-0.3, -0.25) is 4.79 Å². The monoisotopic (exact) mass is 322 g/mol. The maximum absolute atomic E-state index is 12.2. The van der Waals surface area contributed by atoms with Crippen LogP contribution in [0, 0.1) is 11.3 Å². The molecule has 5 heteroatoms. The van der Waals surface area contributed by atoms with Gasteiger partial charge in [-0.25, -0.2) is 0 Å². The zero-order chi connectivity index (χ0) is 17.5. The summed E-state index contributed by atoms with van der Waals surface area (Å²) in [6, 6.07) is 14.3. The third kappa shape index (κ3) is 3.93. The summed E-state index contributed by atoms with van der Waals surface area (Å²) in [4.78, 5) is 12.2. The normalized spacial score (nSPS) is 10.7. The maximum atomic E-state index is 12.2. The molecule has 2 aromatic rings. The van der Waals surface area contributed by atoms with Crippen LogP contribution in [0.3, 0.4) is 0 Å². The fourth-order valence-corrected chi connectivity index (χ4v) is 2.26. The Morgan fingerprint density at radius 2 is 1.92 bits per heavy atom. The molecular formula is C19H18N2O3. The van der Waals surface area contributed by atoms with E-state index < -0.39 is 0 Å². The number of hydrogen-bond donors (Lipinski definition) is 1. The molecule has 1 N–H and O–H groups in total. The van der Waals surface area contributed by atoms with Crippen LogP contribution in [0.5, 0.6) is 11.5 Å². The van der Waals surface area contributed by atoms with Gasteiger partial charge in [0.25, 0.3) is 0 Å². The van der Waals surface area contributed by atoms with Gasteiger partial charge in [-0.1, -0.05) is 12.1 Å². The minimum Gasteiger partial charge on any atom is -0.497 e. The Kier molecular flexibility index (Phi) is 5.58. The molecule has 0 saturated heterocycles. The van der Waals surface area contributed by atoms with Gasteiger partial charge in [0.2, 0.25) is 5.91 Å². The van der Waals surface area contributed by atoms with Crippen LogP contribution >= 0.6 is 0 Å². The van der Waals surface area contributed by atoms with E-state index in [1.165, 1.54) is 6.08 Å². The summed E-state index contributed by atoms with van der Waals surface area (Å²) in [6.07, 6.45) is 1.47. The van der Waals surface area contributed by atoms with Gasteiger partial charge in [0, 0.05) is 17.7 Å². The molecule has 2 rings (SSSR count). The third-order valence-electron chi connectivity index (χ3n) is 3.49. The molecule has 24 heavy (non-hydrogen) atoms. The quantitative estimate of drug-likeness (QED) is 0.854. The summed E-state index contributed by atoms with van der Waals surface area (Å²) in [7, 11) is 3.14. The maximum Gasteiger partial charge on any atom is 0.248 e. The molecule has 0 bridgehead atoms. The summed E-state index contributed by atoms with van der Waals surface area (Å²) in [6.45, 7) is 1.82. The lowest BCUT2D eigenvalue weighted by Gasteiger charge is -2.11. The molecule has 1 amide bonds. The van der Waals surface area contributed by atoms with E-state index in [0.29, 0.717) is 22.7 Å². The lowest BCUT2D eigenvalue weighted by Crippen LogP contribution is -2.09. The number of benzene rings is 2. The third-order valence-corrected chi connectivity index (χ3v) is 3.49. The van der Waals surface area contributed by atoms with Crippen molar-refractivity contribution in [2.75, 3.05) is 19.5 Å². The van der Waals surface area contributed by atoms with E-state index in [1.807, 2.05) is 19.1 Å². The zero-order valence-electron chi connectivity index (χ0n) is 13.8. The van der Waals surface area contributed by atoms with Crippen LogP contribution in [-0.4, -0.2) is 20.1 Å². The fourth-order valence-electron chi connectivity index (χ4n) is 2.26. The number of carbonyl (C=O) groups is 1. The summed E-state index contributed by atoms with van der Waals surface area (Å²) in [5.74, 6) is 0.984. The summed E-state index contributed by atoms with van der Waals surface area (Å²) < 4.78 is 10.5. The predicted molar refractivity (Wildman–Crippen MR) is 93.0 cm³/mol. The Bertz CT molecular complexity index is 820. The molecule has 0 atom stereocenters. The largest absolute Gasteiger partial charge is 0.497 e. The Hall–Kier alpha value is -3.26. The minimum absolute atomic E-state index is 0.312. The van der Waals surface area contributed by atoms with Crippen LogP contribution in [0.25, 0.3) is 5.57 Å². The number of methoxy groups -OCH3 is 2. The highest BCUT2D eigenvalue weighted by molar-refractivity contribution is 6.04. The van der Waals surface area contributed by atoms with Crippen LogP contribution in [0.2, 0.25) is 0 Å². The topological polar surface area (TPSA) is 71.3 Å². The molecule has 0 aromatic heterocycles. The first-order chi connectivity index (χ1) is 11.6. The van der Waals surface area contributed by atoms with Crippen LogP contribution < -0.4 is 14.8 Å². The van der Waals surface area contributed by atoms with Gasteiger partial charge in [-0.2, -0.15) is 5.26 Å². The number of anilines is 1.